The van der Waals surface area contributed by atoms with Crippen molar-refractivity contribution < 1.29 is 9.53 Å². The van der Waals surface area contributed by atoms with E-state index in [1.165, 1.54) is 0 Å². The van der Waals surface area contributed by atoms with Gasteiger partial charge in [-0.15, -0.1) is 0 Å². The molecule has 1 unspecified atom stereocenters. The zero-order valence-corrected chi connectivity index (χ0v) is 19.5. The highest BCUT2D eigenvalue weighted by molar-refractivity contribution is 5.78. The molecule has 1 saturated heterocycles. The van der Waals surface area contributed by atoms with Crippen molar-refractivity contribution in [3.8, 4) is 11.1 Å². The summed E-state index contributed by atoms with van der Waals surface area (Å²) in [6.07, 6.45) is 10.4. The maximum absolute atomic E-state index is 12.7. The molecular formula is C24H28N8O2. The Kier molecular flexibility index (Phi) is 5.64. The molecule has 0 aromatic carbocycles. The van der Waals surface area contributed by atoms with Crippen LogP contribution in [0.5, 0.6) is 0 Å². The minimum absolute atomic E-state index is 0.0800. The Morgan fingerprint density at radius 2 is 2.06 bits per heavy atom. The summed E-state index contributed by atoms with van der Waals surface area (Å²) in [4.78, 5) is 23.6. The number of nitrogens with one attached hydrogen (secondary N) is 2. The van der Waals surface area contributed by atoms with Crippen LogP contribution in [0.3, 0.4) is 0 Å². The molecule has 0 saturated carbocycles. The van der Waals surface area contributed by atoms with Crippen molar-refractivity contribution in [1.29, 1.82) is 0 Å². The van der Waals surface area contributed by atoms with E-state index in [9.17, 15) is 4.79 Å². The zero-order chi connectivity index (χ0) is 23.7. The zero-order valence-electron chi connectivity index (χ0n) is 19.5. The normalized spacial score (nSPS) is 16.6. The molecule has 4 aromatic heterocycles. The van der Waals surface area contributed by atoms with Gasteiger partial charge in [0, 0.05) is 60.5 Å². The number of anilines is 2. The number of rotatable bonds is 4. The van der Waals surface area contributed by atoms with Gasteiger partial charge in [0.25, 0.3) is 0 Å². The molecule has 10 nitrogen and oxygen atoms in total. The number of fused-ring (bicyclic) bond motifs is 1. The molecule has 1 atom stereocenters. The predicted molar refractivity (Wildman–Crippen MR) is 128 cm³/mol. The second kappa shape index (κ2) is 8.77. The van der Waals surface area contributed by atoms with Crippen LogP contribution in [0.1, 0.15) is 45.2 Å². The maximum atomic E-state index is 12.7. The molecule has 34 heavy (non-hydrogen) atoms. The van der Waals surface area contributed by atoms with Crippen LogP contribution in [0, 0.1) is 0 Å². The lowest BCUT2D eigenvalue weighted by Gasteiger charge is -2.34. The lowest BCUT2D eigenvalue weighted by Crippen LogP contribution is -2.42. The average Bonchev–Trinajstić information content (AvgIpc) is 3.48. The number of H-pyrrole nitrogens is 1. The van der Waals surface area contributed by atoms with Gasteiger partial charge in [-0.05, 0) is 45.7 Å². The highest BCUT2D eigenvalue weighted by atomic mass is 16.6. The highest BCUT2D eigenvalue weighted by Gasteiger charge is 2.30. The van der Waals surface area contributed by atoms with Crippen LogP contribution in [0.2, 0.25) is 0 Å². The van der Waals surface area contributed by atoms with Crippen LogP contribution in [-0.4, -0.2) is 59.5 Å². The number of piperidine rings is 1. The largest absolute Gasteiger partial charge is 0.444 e. The van der Waals surface area contributed by atoms with Crippen LogP contribution in [0.25, 0.3) is 16.8 Å². The number of nitrogens with zero attached hydrogens (tertiary/aromatic N) is 6. The standard InChI is InChI=1S/C24H28N8O2/c1-24(2,3)34-23(33)31-10-4-5-16(15-31)20-11-21(29-18-6-8-25-9-7-18)32-22(30-20)19(14-28-32)17-12-26-27-13-17/h6-9,11-14,16H,4-5,10,15H2,1-3H3,(H,25,29)(H,26,27). The molecule has 0 radical (unpaired) electrons. The van der Waals surface area contributed by atoms with Crippen LogP contribution >= 0.6 is 0 Å². The topological polar surface area (TPSA) is 113 Å². The van der Waals surface area contributed by atoms with Crippen molar-refractivity contribution in [2.45, 2.75) is 45.1 Å². The number of hydrogen-bond donors (Lipinski definition) is 2. The van der Waals surface area contributed by atoms with E-state index in [-0.39, 0.29) is 12.0 Å². The van der Waals surface area contributed by atoms with E-state index < -0.39 is 5.60 Å². The number of aromatic nitrogens is 6. The number of ether oxygens (including phenoxy) is 1. The fraction of sp³-hybridized carbons (Fsp3) is 0.375. The summed E-state index contributed by atoms with van der Waals surface area (Å²) in [6.45, 7) is 6.90. The van der Waals surface area contributed by atoms with Gasteiger partial charge in [-0.1, -0.05) is 0 Å². The van der Waals surface area contributed by atoms with Gasteiger partial charge in [0.15, 0.2) is 5.65 Å². The van der Waals surface area contributed by atoms with Crippen molar-refractivity contribution in [3.05, 3.63) is 54.9 Å². The van der Waals surface area contributed by atoms with E-state index in [0.29, 0.717) is 13.1 Å². The first kappa shape index (κ1) is 21.9. The highest BCUT2D eigenvalue weighted by Crippen LogP contribution is 2.32. The van der Waals surface area contributed by atoms with Gasteiger partial charge >= 0.3 is 6.09 Å². The summed E-state index contributed by atoms with van der Waals surface area (Å²) >= 11 is 0. The van der Waals surface area contributed by atoms with Crippen molar-refractivity contribution >= 4 is 23.2 Å². The Morgan fingerprint density at radius 3 is 2.79 bits per heavy atom. The second-order valence-electron chi connectivity index (χ2n) is 9.47. The molecule has 5 rings (SSSR count). The van der Waals surface area contributed by atoms with Gasteiger partial charge in [0.2, 0.25) is 0 Å². The van der Waals surface area contributed by atoms with Gasteiger partial charge in [0.05, 0.1) is 18.1 Å². The van der Waals surface area contributed by atoms with Gasteiger partial charge in [-0.25, -0.2) is 9.78 Å². The lowest BCUT2D eigenvalue weighted by atomic mass is 9.94. The first-order chi connectivity index (χ1) is 16.4. The van der Waals surface area contributed by atoms with Gasteiger partial charge in [-0.2, -0.15) is 14.7 Å². The van der Waals surface area contributed by atoms with Crippen molar-refractivity contribution in [2.75, 3.05) is 18.4 Å². The number of amides is 1. The van der Waals surface area contributed by atoms with Crippen LogP contribution in [0.15, 0.2) is 49.2 Å². The molecule has 2 N–H and O–H groups in total. The summed E-state index contributed by atoms with van der Waals surface area (Å²) in [5.41, 5.74) is 3.79. The molecule has 1 amide bonds. The lowest BCUT2D eigenvalue weighted by molar-refractivity contribution is 0.0197. The van der Waals surface area contributed by atoms with Crippen LogP contribution in [-0.2, 0) is 4.74 Å². The summed E-state index contributed by atoms with van der Waals surface area (Å²) in [6, 6.07) is 5.82. The number of likely N-dealkylation sites (tertiary alicyclic amines) is 1. The molecule has 1 aliphatic heterocycles. The molecule has 0 spiro atoms. The Bertz CT molecular complexity index is 1280. The minimum Gasteiger partial charge on any atom is -0.444 e. The van der Waals surface area contributed by atoms with E-state index in [0.717, 1.165) is 46.8 Å². The summed E-state index contributed by atoms with van der Waals surface area (Å²) in [7, 11) is 0. The fourth-order valence-corrected chi connectivity index (χ4v) is 4.18. The third kappa shape index (κ3) is 4.57. The Balaban J connectivity index is 1.52. The molecule has 4 aromatic rings. The van der Waals surface area contributed by atoms with E-state index in [4.69, 9.17) is 9.72 Å². The van der Waals surface area contributed by atoms with Crippen LogP contribution in [0.4, 0.5) is 16.3 Å². The first-order valence-corrected chi connectivity index (χ1v) is 11.4. The van der Waals surface area contributed by atoms with Gasteiger partial charge < -0.3 is 15.0 Å². The summed E-state index contributed by atoms with van der Waals surface area (Å²) < 4.78 is 7.41. The molecule has 0 bridgehead atoms. The molecule has 1 fully saturated rings. The Morgan fingerprint density at radius 1 is 1.24 bits per heavy atom. The summed E-state index contributed by atoms with van der Waals surface area (Å²) in [5, 5.41) is 15.0. The van der Waals surface area contributed by atoms with Crippen molar-refractivity contribution in [2.24, 2.45) is 0 Å². The Labute approximate surface area is 197 Å². The average molecular weight is 461 g/mol. The first-order valence-electron chi connectivity index (χ1n) is 11.4. The number of hydrogen-bond acceptors (Lipinski definition) is 7. The molecule has 176 valence electrons. The molecule has 10 heteroatoms. The minimum atomic E-state index is -0.528. The summed E-state index contributed by atoms with van der Waals surface area (Å²) in [5.74, 6) is 0.867. The Hall–Kier alpha value is -3.95. The number of pyridine rings is 1. The number of carbonyl (C=O) groups excluding carboxylic acids is 1. The predicted octanol–water partition coefficient (Wildman–Crippen LogP) is 4.37. The molecule has 0 aliphatic carbocycles. The van der Waals surface area contributed by atoms with E-state index in [1.54, 1.807) is 34.2 Å². The monoisotopic (exact) mass is 460 g/mol. The van der Waals surface area contributed by atoms with Crippen molar-refractivity contribution in [3.63, 3.8) is 0 Å². The van der Waals surface area contributed by atoms with E-state index in [1.807, 2.05) is 45.2 Å². The quantitative estimate of drug-likeness (QED) is 0.465. The third-order valence-corrected chi connectivity index (χ3v) is 5.74. The van der Waals surface area contributed by atoms with Gasteiger partial charge in [-0.3, -0.25) is 10.1 Å². The number of carbonyl (C=O) groups is 1. The molecule has 5 heterocycles. The van der Waals surface area contributed by atoms with Crippen LogP contribution < -0.4 is 5.32 Å². The SMILES string of the molecule is CC(C)(C)OC(=O)N1CCCC(c2cc(Nc3ccncc3)n3ncc(-c4cn[nH]c4)c3n2)C1. The van der Waals surface area contributed by atoms with Crippen molar-refractivity contribution in [1.82, 2.24) is 34.7 Å². The molecule has 1 aliphatic rings. The fourth-order valence-electron chi connectivity index (χ4n) is 4.18. The van der Waals surface area contributed by atoms with E-state index >= 15 is 0 Å². The smallest absolute Gasteiger partial charge is 0.410 e. The number of aromatic amines is 1. The van der Waals surface area contributed by atoms with Gasteiger partial charge in [0.1, 0.15) is 11.4 Å². The second-order valence-corrected chi connectivity index (χ2v) is 9.47. The maximum Gasteiger partial charge on any atom is 0.410 e. The molecular weight excluding hydrogens is 432 g/mol. The van der Waals surface area contributed by atoms with E-state index in [2.05, 4.69) is 25.6 Å². The third-order valence-electron chi connectivity index (χ3n) is 5.74.